The van der Waals surface area contributed by atoms with Gasteiger partial charge < -0.3 is 14.6 Å². The Bertz CT molecular complexity index is 694. The normalized spacial score (nSPS) is 62.5. The van der Waals surface area contributed by atoms with Gasteiger partial charge in [-0.05, 0) is 85.4 Å². The van der Waals surface area contributed by atoms with E-state index in [9.17, 15) is 5.11 Å². The van der Waals surface area contributed by atoms with E-state index in [1.165, 1.54) is 57.8 Å². The van der Waals surface area contributed by atoms with Crippen LogP contribution in [0.25, 0.3) is 0 Å². The third-order valence-corrected chi connectivity index (χ3v) is 12.0. The van der Waals surface area contributed by atoms with E-state index in [-0.39, 0.29) is 12.0 Å². The molecule has 0 aromatic rings. The van der Waals surface area contributed by atoms with Crippen molar-refractivity contribution >= 4 is 0 Å². The van der Waals surface area contributed by atoms with Gasteiger partial charge in [-0.25, -0.2) is 0 Å². The number of rotatable bonds is 0. The molecule has 2 heterocycles. The number of hydrogen-bond donors (Lipinski definition) is 1. The fourth-order valence-electron chi connectivity index (χ4n) is 10.3. The van der Waals surface area contributed by atoms with Crippen molar-refractivity contribution in [2.24, 2.45) is 52.3 Å². The van der Waals surface area contributed by atoms with E-state index in [1.807, 2.05) is 0 Å². The monoisotopic (exact) mass is 416 g/mol. The second-order valence-corrected chi connectivity index (χ2v) is 13.0. The lowest BCUT2D eigenvalue weighted by atomic mass is 9.44. The minimum absolute atomic E-state index is 0.220. The molecule has 0 radical (unpaired) electrons. The summed E-state index contributed by atoms with van der Waals surface area (Å²) in [6.45, 7) is 10.4. The van der Waals surface area contributed by atoms with Crippen molar-refractivity contribution in [3.05, 3.63) is 0 Å². The summed E-state index contributed by atoms with van der Waals surface area (Å²) in [7, 11) is 0. The predicted molar refractivity (Wildman–Crippen MR) is 118 cm³/mol. The molecule has 4 aliphatic carbocycles. The number of aliphatic hydroxyl groups is 1. The summed E-state index contributed by atoms with van der Waals surface area (Å²) in [4.78, 5) is 0. The average molecular weight is 417 g/mol. The first-order chi connectivity index (χ1) is 14.3. The van der Waals surface area contributed by atoms with Crippen molar-refractivity contribution in [1.82, 2.24) is 0 Å². The fourth-order valence-corrected chi connectivity index (χ4v) is 10.3. The molecule has 0 bridgehead atoms. The zero-order valence-electron chi connectivity index (χ0n) is 19.7. The van der Waals surface area contributed by atoms with Crippen molar-refractivity contribution in [2.45, 2.75) is 110 Å². The van der Waals surface area contributed by atoms with Gasteiger partial charge in [0.2, 0.25) is 0 Å². The van der Waals surface area contributed by atoms with Gasteiger partial charge in [0.05, 0.1) is 18.8 Å². The molecule has 3 nitrogen and oxygen atoms in total. The maximum Gasteiger partial charge on any atom is 0.174 e. The lowest BCUT2D eigenvalue weighted by Gasteiger charge is -2.61. The summed E-state index contributed by atoms with van der Waals surface area (Å²) in [6.07, 6.45) is 13.6. The average Bonchev–Trinajstić information content (AvgIpc) is 3.15. The van der Waals surface area contributed by atoms with Gasteiger partial charge in [-0.3, -0.25) is 0 Å². The molecule has 12 atom stereocenters. The van der Waals surface area contributed by atoms with Gasteiger partial charge in [-0.2, -0.15) is 0 Å². The molecule has 6 aliphatic rings. The van der Waals surface area contributed by atoms with Gasteiger partial charge in [-0.15, -0.1) is 0 Å². The minimum Gasteiger partial charge on any atom is -0.393 e. The van der Waals surface area contributed by atoms with Crippen molar-refractivity contribution < 1.29 is 14.6 Å². The maximum absolute atomic E-state index is 10.6. The second-order valence-electron chi connectivity index (χ2n) is 13.0. The van der Waals surface area contributed by atoms with Gasteiger partial charge in [0, 0.05) is 18.3 Å². The lowest BCUT2D eigenvalue weighted by molar-refractivity contribution is -0.290. The fraction of sp³-hybridized carbons (Fsp3) is 1.00. The van der Waals surface area contributed by atoms with Crippen LogP contribution in [0.3, 0.4) is 0 Å². The Morgan fingerprint density at radius 2 is 1.73 bits per heavy atom. The molecule has 4 saturated carbocycles. The van der Waals surface area contributed by atoms with Crippen molar-refractivity contribution in [3.63, 3.8) is 0 Å². The van der Waals surface area contributed by atoms with Gasteiger partial charge in [0.25, 0.3) is 0 Å². The van der Waals surface area contributed by atoms with E-state index in [4.69, 9.17) is 9.47 Å². The van der Waals surface area contributed by atoms with Crippen LogP contribution >= 0.6 is 0 Å². The molecule has 6 fully saturated rings. The zero-order chi connectivity index (χ0) is 20.9. The van der Waals surface area contributed by atoms with Crippen LogP contribution in [0, 0.1) is 52.3 Å². The highest BCUT2D eigenvalue weighted by atomic mass is 16.7. The van der Waals surface area contributed by atoms with E-state index in [2.05, 4.69) is 27.7 Å². The lowest BCUT2D eigenvalue weighted by Crippen LogP contribution is -2.55. The summed E-state index contributed by atoms with van der Waals surface area (Å²) in [5.41, 5.74) is 1.00. The highest BCUT2D eigenvalue weighted by Gasteiger charge is 2.69. The molecule has 1 N–H and O–H groups in total. The molecule has 2 saturated heterocycles. The first-order valence-electron chi connectivity index (χ1n) is 13.3. The van der Waals surface area contributed by atoms with E-state index in [0.717, 1.165) is 23.7 Å². The zero-order valence-corrected chi connectivity index (χ0v) is 19.7. The number of hydrogen-bond acceptors (Lipinski definition) is 3. The minimum atomic E-state index is -0.529. The van der Waals surface area contributed by atoms with E-state index >= 15 is 0 Å². The Hall–Kier alpha value is -0.120. The summed E-state index contributed by atoms with van der Waals surface area (Å²) < 4.78 is 13.2. The third kappa shape index (κ3) is 2.55. The number of aliphatic hydroxyl groups excluding tert-OH is 1. The molecule has 3 unspecified atom stereocenters. The summed E-state index contributed by atoms with van der Waals surface area (Å²) in [6, 6.07) is 0. The topological polar surface area (TPSA) is 38.7 Å². The van der Waals surface area contributed by atoms with Crippen LogP contribution in [0.15, 0.2) is 0 Å². The first-order valence-corrected chi connectivity index (χ1v) is 13.3. The standard InChI is InChI=1S/C27H44O3/c1-16-15-29-27(14-22(16)28)17(2)24-23(30-27)13-21-19-9-8-18-7-5-6-11-25(18,3)20(19)10-12-26(21,24)4/h16-24,28H,5-15H2,1-4H3/t16?,17-,18?,19+,20-,21-,22?,23-,24-,25-,26-,27+/m0/s1. The molecular weight excluding hydrogens is 372 g/mol. The van der Waals surface area contributed by atoms with Crippen molar-refractivity contribution in [2.75, 3.05) is 6.61 Å². The van der Waals surface area contributed by atoms with Gasteiger partial charge in [0.1, 0.15) is 0 Å². The Labute approximate surface area is 183 Å². The highest BCUT2D eigenvalue weighted by molar-refractivity contribution is 5.15. The number of ether oxygens (including phenoxy) is 2. The highest BCUT2D eigenvalue weighted by Crippen LogP contribution is 2.71. The van der Waals surface area contributed by atoms with Gasteiger partial charge in [0.15, 0.2) is 5.79 Å². The molecular formula is C27H44O3. The molecule has 1 spiro atoms. The molecule has 6 rings (SSSR count). The Balaban J connectivity index is 1.27. The van der Waals surface area contributed by atoms with Crippen LogP contribution in [0.1, 0.15) is 91.9 Å². The van der Waals surface area contributed by atoms with Crippen LogP contribution in [-0.2, 0) is 9.47 Å². The van der Waals surface area contributed by atoms with Crippen LogP contribution in [0.5, 0.6) is 0 Å². The predicted octanol–water partition coefficient (Wildman–Crippen LogP) is 5.79. The van der Waals surface area contributed by atoms with E-state index in [1.54, 1.807) is 0 Å². The van der Waals surface area contributed by atoms with Gasteiger partial charge in [-0.1, -0.05) is 40.5 Å². The number of fused-ring (bicyclic) bond motifs is 7. The first kappa shape index (κ1) is 20.5. The van der Waals surface area contributed by atoms with E-state index in [0.29, 0.717) is 41.8 Å². The molecule has 30 heavy (non-hydrogen) atoms. The Morgan fingerprint density at radius 1 is 0.900 bits per heavy atom. The largest absolute Gasteiger partial charge is 0.393 e. The Morgan fingerprint density at radius 3 is 2.53 bits per heavy atom. The molecule has 0 aromatic carbocycles. The van der Waals surface area contributed by atoms with E-state index < -0.39 is 5.79 Å². The quantitative estimate of drug-likeness (QED) is 0.543. The Kier molecular flexibility index (Phi) is 4.58. The SMILES string of the molecule is CC1CO[C@]2(CC1O)O[C@H]1C[C@H]3[C@@H]4CCC5CCCC[C@]5(C)[C@H]4CC[C@]3(C)[C@H]1[C@@H]2C. The van der Waals surface area contributed by atoms with Gasteiger partial charge >= 0.3 is 0 Å². The molecule has 0 aromatic heterocycles. The third-order valence-electron chi connectivity index (χ3n) is 12.0. The summed E-state index contributed by atoms with van der Waals surface area (Å²) in [5.74, 6) is 4.37. The second kappa shape index (κ2) is 6.70. The van der Waals surface area contributed by atoms with Crippen LogP contribution in [0.4, 0.5) is 0 Å². The van der Waals surface area contributed by atoms with Crippen LogP contribution in [-0.4, -0.2) is 29.7 Å². The molecule has 170 valence electrons. The summed E-state index contributed by atoms with van der Waals surface area (Å²) >= 11 is 0. The summed E-state index contributed by atoms with van der Waals surface area (Å²) in [5, 5.41) is 10.6. The van der Waals surface area contributed by atoms with Crippen LogP contribution in [0.2, 0.25) is 0 Å². The van der Waals surface area contributed by atoms with Crippen molar-refractivity contribution in [1.29, 1.82) is 0 Å². The molecule has 0 amide bonds. The van der Waals surface area contributed by atoms with Crippen LogP contribution < -0.4 is 0 Å². The maximum atomic E-state index is 10.6. The van der Waals surface area contributed by atoms with Crippen molar-refractivity contribution in [3.8, 4) is 0 Å². The molecule has 3 heteroatoms. The molecule has 2 aliphatic heterocycles. The smallest absolute Gasteiger partial charge is 0.174 e.